The van der Waals surface area contributed by atoms with Crippen molar-refractivity contribution in [1.82, 2.24) is 5.32 Å². The third kappa shape index (κ3) is 1.76. The van der Waals surface area contributed by atoms with Crippen LogP contribution < -0.4 is 10.2 Å². The minimum atomic E-state index is -0.338. The van der Waals surface area contributed by atoms with E-state index >= 15 is 0 Å². The van der Waals surface area contributed by atoms with Gasteiger partial charge in [-0.3, -0.25) is 4.90 Å². The molecule has 2 aliphatic rings. The number of nitrogens with zero attached hydrogens (tertiary/aromatic N) is 1. The van der Waals surface area contributed by atoms with Crippen LogP contribution in [0.1, 0.15) is 6.42 Å². The third-order valence-corrected chi connectivity index (χ3v) is 3.28. The lowest BCUT2D eigenvalue weighted by Crippen LogP contribution is -2.47. The summed E-state index contributed by atoms with van der Waals surface area (Å²) >= 11 is 0. The number of benzene rings is 1. The average Bonchev–Trinajstić information content (AvgIpc) is 2.66. The molecule has 0 bridgehead atoms. The molecule has 0 saturated carbocycles. The summed E-state index contributed by atoms with van der Waals surface area (Å²) < 4.78 is 18.2. The maximum atomic E-state index is 12.9. The Labute approximate surface area is 98.4 Å². The summed E-state index contributed by atoms with van der Waals surface area (Å²) in [5.74, 6) is -0.303. The van der Waals surface area contributed by atoms with Gasteiger partial charge in [-0.2, -0.15) is 0 Å². The molecule has 17 heavy (non-hydrogen) atoms. The summed E-state index contributed by atoms with van der Waals surface area (Å²) in [6, 6.07) is 6.00. The maximum Gasteiger partial charge on any atom is 0.415 e. The van der Waals surface area contributed by atoms with E-state index in [9.17, 15) is 9.18 Å². The standard InChI is InChI=1S/C12H13FN2O2/c13-8-1-3-9(4-2-8)15-10-5-6-14-7-11(10)17-12(15)16/h1-4,10-11,14H,5-7H2. The van der Waals surface area contributed by atoms with Gasteiger partial charge in [-0.05, 0) is 37.2 Å². The van der Waals surface area contributed by atoms with E-state index < -0.39 is 0 Å². The molecule has 2 atom stereocenters. The van der Waals surface area contributed by atoms with Gasteiger partial charge in [0.2, 0.25) is 0 Å². The summed E-state index contributed by atoms with van der Waals surface area (Å²) in [5.41, 5.74) is 0.700. The van der Waals surface area contributed by atoms with Crippen LogP contribution >= 0.6 is 0 Å². The molecular weight excluding hydrogens is 223 g/mol. The molecule has 2 aliphatic heterocycles. The zero-order valence-corrected chi connectivity index (χ0v) is 9.23. The molecule has 2 saturated heterocycles. The first-order valence-corrected chi connectivity index (χ1v) is 5.72. The zero-order chi connectivity index (χ0) is 11.8. The summed E-state index contributed by atoms with van der Waals surface area (Å²) in [7, 11) is 0. The normalized spacial score (nSPS) is 27.8. The average molecular weight is 236 g/mol. The molecule has 2 heterocycles. The highest BCUT2D eigenvalue weighted by Gasteiger charge is 2.43. The smallest absolute Gasteiger partial charge is 0.415 e. The number of anilines is 1. The molecule has 1 amide bonds. The van der Waals surface area contributed by atoms with Crippen molar-refractivity contribution >= 4 is 11.8 Å². The van der Waals surface area contributed by atoms with Crippen molar-refractivity contribution in [1.29, 1.82) is 0 Å². The number of ether oxygens (including phenoxy) is 1. The molecule has 1 N–H and O–H groups in total. The molecule has 4 nitrogen and oxygen atoms in total. The Morgan fingerprint density at radius 2 is 2.12 bits per heavy atom. The second-order valence-electron chi connectivity index (χ2n) is 4.33. The lowest BCUT2D eigenvalue weighted by Gasteiger charge is -2.28. The van der Waals surface area contributed by atoms with Crippen molar-refractivity contribution in [3.63, 3.8) is 0 Å². The van der Waals surface area contributed by atoms with E-state index in [1.807, 2.05) is 0 Å². The zero-order valence-electron chi connectivity index (χ0n) is 9.23. The lowest BCUT2D eigenvalue weighted by atomic mass is 10.0. The number of hydrogen-bond acceptors (Lipinski definition) is 3. The van der Waals surface area contributed by atoms with Crippen molar-refractivity contribution in [2.45, 2.75) is 18.6 Å². The first-order valence-electron chi connectivity index (χ1n) is 5.72. The molecular formula is C12H13FN2O2. The van der Waals surface area contributed by atoms with Crippen LogP contribution in [-0.4, -0.2) is 31.3 Å². The van der Waals surface area contributed by atoms with E-state index in [0.717, 1.165) is 13.0 Å². The molecule has 0 radical (unpaired) electrons. The van der Waals surface area contributed by atoms with Crippen molar-refractivity contribution in [2.75, 3.05) is 18.0 Å². The van der Waals surface area contributed by atoms with E-state index in [4.69, 9.17) is 4.74 Å². The number of amides is 1. The minimum absolute atomic E-state index is 0.0641. The number of fused-ring (bicyclic) bond motifs is 1. The molecule has 3 rings (SSSR count). The van der Waals surface area contributed by atoms with E-state index in [0.29, 0.717) is 12.2 Å². The molecule has 1 aromatic carbocycles. The Hall–Kier alpha value is -1.62. The van der Waals surface area contributed by atoms with Crippen molar-refractivity contribution in [2.24, 2.45) is 0 Å². The summed E-state index contributed by atoms with van der Waals surface area (Å²) in [6.07, 6.45) is 0.421. The van der Waals surface area contributed by atoms with E-state index in [1.54, 1.807) is 17.0 Å². The first kappa shape index (κ1) is 10.5. The molecule has 0 aromatic heterocycles. The van der Waals surface area contributed by atoms with Crippen LogP contribution in [0.15, 0.2) is 24.3 Å². The second kappa shape index (κ2) is 4.00. The Bertz CT molecular complexity index is 435. The number of halogens is 1. The molecule has 5 heteroatoms. The topological polar surface area (TPSA) is 41.6 Å². The first-order chi connectivity index (χ1) is 8.25. The Morgan fingerprint density at radius 3 is 2.88 bits per heavy atom. The summed E-state index contributed by atoms with van der Waals surface area (Å²) in [5, 5.41) is 3.19. The molecule has 1 aromatic rings. The van der Waals surface area contributed by atoms with Crippen LogP contribution in [0.3, 0.4) is 0 Å². The highest BCUT2D eigenvalue weighted by molar-refractivity contribution is 5.90. The predicted octanol–water partition coefficient (Wildman–Crippen LogP) is 1.51. The van der Waals surface area contributed by atoms with Gasteiger partial charge >= 0.3 is 6.09 Å². The fourth-order valence-corrected chi connectivity index (χ4v) is 2.45. The fraction of sp³-hybridized carbons (Fsp3) is 0.417. The minimum Gasteiger partial charge on any atom is -0.442 e. The van der Waals surface area contributed by atoms with Crippen LogP contribution in [0.25, 0.3) is 0 Å². The molecule has 2 fully saturated rings. The summed E-state index contributed by atoms with van der Waals surface area (Å²) in [4.78, 5) is 13.4. The van der Waals surface area contributed by atoms with Gasteiger partial charge in [-0.25, -0.2) is 9.18 Å². The van der Waals surface area contributed by atoms with Gasteiger partial charge in [0.05, 0.1) is 6.04 Å². The number of rotatable bonds is 1. The Balaban J connectivity index is 1.90. The highest BCUT2D eigenvalue weighted by atomic mass is 19.1. The van der Waals surface area contributed by atoms with Gasteiger partial charge in [0, 0.05) is 12.2 Å². The van der Waals surface area contributed by atoms with Crippen molar-refractivity contribution in [3.8, 4) is 0 Å². The third-order valence-electron chi connectivity index (χ3n) is 3.28. The maximum absolute atomic E-state index is 12.9. The van der Waals surface area contributed by atoms with Crippen LogP contribution in [0.4, 0.5) is 14.9 Å². The molecule has 0 aliphatic carbocycles. The Kier molecular flexibility index (Phi) is 2.48. The van der Waals surface area contributed by atoms with Crippen LogP contribution in [0.5, 0.6) is 0 Å². The van der Waals surface area contributed by atoms with Gasteiger partial charge in [0.15, 0.2) is 0 Å². The van der Waals surface area contributed by atoms with Gasteiger partial charge in [-0.1, -0.05) is 0 Å². The predicted molar refractivity (Wildman–Crippen MR) is 60.4 cm³/mol. The number of nitrogens with one attached hydrogen (secondary N) is 1. The molecule has 90 valence electrons. The second-order valence-corrected chi connectivity index (χ2v) is 4.33. The number of carbonyl (C=O) groups excluding carboxylic acids is 1. The SMILES string of the molecule is O=C1OC2CNCCC2N1c1ccc(F)cc1. The monoisotopic (exact) mass is 236 g/mol. The number of piperidine rings is 1. The van der Waals surface area contributed by atoms with Crippen LogP contribution in [-0.2, 0) is 4.74 Å². The Morgan fingerprint density at radius 1 is 1.35 bits per heavy atom. The van der Waals surface area contributed by atoms with Gasteiger partial charge in [-0.15, -0.1) is 0 Å². The van der Waals surface area contributed by atoms with E-state index in [-0.39, 0.29) is 24.1 Å². The fourth-order valence-electron chi connectivity index (χ4n) is 2.45. The summed E-state index contributed by atoms with van der Waals surface area (Å²) in [6.45, 7) is 1.56. The largest absolute Gasteiger partial charge is 0.442 e. The van der Waals surface area contributed by atoms with E-state index in [1.165, 1.54) is 12.1 Å². The number of carbonyl (C=O) groups is 1. The number of hydrogen-bond donors (Lipinski definition) is 1. The van der Waals surface area contributed by atoms with Crippen LogP contribution in [0, 0.1) is 5.82 Å². The van der Waals surface area contributed by atoms with Gasteiger partial charge in [0.1, 0.15) is 11.9 Å². The molecule has 0 spiro atoms. The van der Waals surface area contributed by atoms with Gasteiger partial charge in [0.25, 0.3) is 0 Å². The lowest BCUT2D eigenvalue weighted by molar-refractivity contribution is 0.121. The highest BCUT2D eigenvalue weighted by Crippen LogP contribution is 2.29. The molecule has 2 unspecified atom stereocenters. The van der Waals surface area contributed by atoms with Crippen molar-refractivity contribution in [3.05, 3.63) is 30.1 Å². The van der Waals surface area contributed by atoms with Gasteiger partial charge < -0.3 is 10.1 Å². The van der Waals surface area contributed by atoms with Crippen LogP contribution in [0.2, 0.25) is 0 Å². The quantitative estimate of drug-likeness (QED) is 0.803. The van der Waals surface area contributed by atoms with E-state index in [2.05, 4.69) is 5.32 Å². The van der Waals surface area contributed by atoms with Crippen molar-refractivity contribution < 1.29 is 13.9 Å².